The first-order valence-corrected chi connectivity index (χ1v) is 5.96. The first-order chi connectivity index (χ1) is 7.67. The van der Waals surface area contributed by atoms with Crippen molar-refractivity contribution in [2.45, 2.75) is 25.8 Å². The van der Waals surface area contributed by atoms with Gasteiger partial charge in [0.1, 0.15) is 0 Å². The summed E-state index contributed by atoms with van der Waals surface area (Å²) >= 11 is 0. The Balaban J connectivity index is 2.45. The third-order valence-corrected chi connectivity index (χ3v) is 3.22. The summed E-state index contributed by atoms with van der Waals surface area (Å²) in [7, 11) is 0. The molecule has 0 aromatic carbocycles. The molecule has 4 nitrogen and oxygen atoms in total. The molecule has 0 aromatic heterocycles. The molecule has 0 saturated carbocycles. The number of aliphatic carboxylic acids is 1. The molecule has 1 rings (SSSR count). The Morgan fingerprint density at radius 1 is 1.56 bits per heavy atom. The third kappa shape index (κ3) is 3.94. The van der Waals surface area contributed by atoms with Gasteiger partial charge < -0.3 is 10.0 Å². The van der Waals surface area contributed by atoms with E-state index in [1.165, 1.54) is 0 Å². The minimum Gasteiger partial charge on any atom is -0.480 e. The maximum atomic E-state index is 10.8. The van der Waals surface area contributed by atoms with Crippen LogP contribution in [0.15, 0.2) is 12.7 Å². The maximum absolute atomic E-state index is 10.8. The minimum atomic E-state index is -0.750. The van der Waals surface area contributed by atoms with Crippen molar-refractivity contribution >= 4 is 5.97 Å². The zero-order chi connectivity index (χ0) is 12.0. The summed E-state index contributed by atoms with van der Waals surface area (Å²) < 4.78 is 0. The van der Waals surface area contributed by atoms with Crippen molar-refractivity contribution in [1.29, 1.82) is 0 Å². The lowest BCUT2D eigenvalue weighted by Gasteiger charge is -2.37. The average Bonchev–Trinajstić information content (AvgIpc) is 2.28. The number of hydrogen-bond donors (Lipinski definition) is 1. The molecule has 0 spiro atoms. The molecule has 92 valence electrons. The highest BCUT2D eigenvalue weighted by Gasteiger charge is 2.24. The lowest BCUT2D eigenvalue weighted by Crippen LogP contribution is -2.46. The van der Waals surface area contributed by atoms with Crippen LogP contribution in [0.1, 0.15) is 19.8 Å². The fourth-order valence-electron chi connectivity index (χ4n) is 2.28. The molecule has 1 saturated heterocycles. The zero-order valence-corrected chi connectivity index (χ0v) is 10.1. The Bertz CT molecular complexity index is 235. The van der Waals surface area contributed by atoms with Gasteiger partial charge >= 0.3 is 5.97 Å². The molecular formula is C12H22N2O2. The molecule has 0 amide bonds. The van der Waals surface area contributed by atoms with Crippen LogP contribution in [0, 0.1) is 0 Å². The van der Waals surface area contributed by atoms with Gasteiger partial charge in [0.25, 0.3) is 0 Å². The van der Waals surface area contributed by atoms with Crippen LogP contribution in [0.3, 0.4) is 0 Å². The van der Waals surface area contributed by atoms with Gasteiger partial charge in [-0.3, -0.25) is 9.69 Å². The Morgan fingerprint density at radius 2 is 2.19 bits per heavy atom. The van der Waals surface area contributed by atoms with E-state index in [0.29, 0.717) is 12.6 Å². The largest absolute Gasteiger partial charge is 0.480 e. The van der Waals surface area contributed by atoms with E-state index in [0.717, 1.165) is 32.5 Å². The van der Waals surface area contributed by atoms with Crippen LogP contribution in [0.5, 0.6) is 0 Å². The van der Waals surface area contributed by atoms with Gasteiger partial charge in [-0.05, 0) is 32.5 Å². The highest BCUT2D eigenvalue weighted by atomic mass is 16.4. The van der Waals surface area contributed by atoms with E-state index in [2.05, 4.69) is 18.4 Å². The number of piperidine rings is 1. The van der Waals surface area contributed by atoms with E-state index in [-0.39, 0.29) is 6.54 Å². The molecule has 16 heavy (non-hydrogen) atoms. The fourth-order valence-corrected chi connectivity index (χ4v) is 2.28. The van der Waals surface area contributed by atoms with Crippen molar-refractivity contribution < 1.29 is 9.90 Å². The lowest BCUT2D eigenvalue weighted by molar-refractivity contribution is -0.139. The second kappa shape index (κ2) is 6.66. The predicted molar refractivity (Wildman–Crippen MR) is 64.5 cm³/mol. The van der Waals surface area contributed by atoms with Crippen molar-refractivity contribution in [2.24, 2.45) is 0 Å². The molecule has 0 unspecified atom stereocenters. The average molecular weight is 226 g/mol. The van der Waals surface area contributed by atoms with Gasteiger partial charge in [-0.25, -0.2) is 0 Å². The molecule has 1 heterocycles. The van der Waals surface area contributed by atoms with Gasteiger partial charge in [0.05, 0.1) is 6.54 Å². The molecule has 1 N–H and O–H groups in total. The second-order valence-electron chi connectivity index (χ2n) is 4.28. The van der Waals surface area contributed by atoms with Crippen molar-refractivity contribution in [1.82, 2.24) is 9.80 Å². The molecule has 0 atom stereocenters. The first-order valence-electron chi connectivity index (χ1n) is 5.96. The smallest absolute Gasteiger partial charge is 0.317 e. The van der Waals surface area contributed by atoms with Gasteiger partial charge in [0.15, 0.2) is 0 Å². The number of likely N-dealkylation sites (tertiary alicyclic amines) is 1. The van der Waals surface area contributed by atoms with Crippen LogP contribution < -0.4 is 0 Å². The van der Waals surface area contributed by atoms with Crippen LogP contribution in [-0.2, 0) is 4.79 Å². The first kappa shape index (κ1) is 13.2. The van der Waals surface area contributed by atoms with E-state index >= 15 is 0 Å². The SMILES string of the molecule is C=CCN(CC(=O)O)C1CCN(CC)CC1. The van der Waals surface area contributed by atoms with Gasteiger partial charge in [-0.1, -0.05) is 13.0 Å². The van der Waals surface area contributed by atoms with E-state index in [1.807, 2.05) is 4.90 Å². The van der Waals surface area contributed by atoms with E-state index < -0.39 is 5.97 Å². The predicted octanol–water partition coefficient (Wildman–Crippen LogP) is 1.04. The lowest BCUT2D eigenvalue weighted by atomic mass is 10.0. The quantitative estimate of drug-likeness (QED) is 0.687. The van der Waals surface area contributed by atoms with Crippen molar-refractivity contribution in [2.75, 3.05) is 32.7 Å². The third-order valence-electron chi connectivity index (χ3n) is 3.22. The number of carboxylic acids is 1. The summed E-state index contributed by atoms with van der Waals surface area (Å²) in [6.07, 6.45) is 3.92. The molecule has 1 aliphatic rings. The van der Waals surface area contributed by atoms with Crippen LogP contribution in [0.25, 0.3) is 0 Å². The summed E-state index contributed by atoms with van der Waals surface area (Å²) in [5, 5.41) is 8.85. The second-order valence-corrected chi connectivity index (χ2v) is 4.28. The molecule has 1 aliphatic heterocycles. The molecule has 4 heteroatoms. The van der Waals surface area contributed by atoms with Crippen LogP contribution >= 0.6 is 0 Å². The van der Waals surface area contributed by atoms with E-state index in [4.69, 9.17) is 5.11 Å². The molecular weight excluding hydrogens is 204 g/mol. The molecule has 0 bridgehead atoms. The van der Waals surface area contributed by atoms with Crippen LogP contribution in [0.2, 0.25) is 0 Å². The summed E-state index contributed by atoms with van der Waals surface area (Å²) in [5.41, 5.74) is 0. The Hall–Kier alpha value is -0.870. The highest BCUT2D eigenvalue weighted by Crippen LogP contribution is 2.16. The Labute approximate surface area is 97.5 Å². The van der Waals surface area contributed by atoms with Gasteiger partial charge in [0, 0.05) is 12.6 Å². The van der Waals surface area contributed by atoms with Crippen molar-refractivity contribution in [3.63, 3.8) is 0 Å². The van der Waals surface area contributed by atoms with Gasteiger partial charge in [-0.2, -0.15) is 0 Å². The number of rotatable bonds is 6. The number of nitrogens with zero attached hydrogens (tertiary/aromatic N) is 2. The summed E-state index contributed by atoms with van der Waals surface area (Å²) in [5.74, 6) is -0.750. The normalized spacial score (nSPS) is 18.9. The van der Waals surface area contributed by atoms with Gasteiger partial charge in [0.2, 0.25) is 0 Å². The van der Waals surface area contributed by atoms with Crippen LogP contribution in [-0.4, -0.2) is 59.6 Å². The van der Waals surface area contributed by atoms with Crippen molar-refractivity contribution in [3.05, 3.63) is 12.7 Å². The fraction of sp³-hybridized carbons (Fsp3) is 0.750. The number of carbonyl (C=O) groups is 1. The summed E-state index contributed by atoms with van der Waals surface area (Å²) in [6.45, 7) is 9.90. The number of hydrogen-bond acceptors (Lipinski definition) is 3. The highest BCUT2D eigenvalue weighted by molar-refractivity contribution is 5.69. The van der Waals surface area contributed by atoms with E-state index in [9.17, 15) is 4.79 Å². The molecule has 1 fully saturated rings. The topological polar surface area (TPSA) is 43.8 Å². The zero-order valence-electron chi connectivity index (χ0n) is 10.1. The Morgan fingerprint density at radius 3 is 2.62 bits per heavy atom. The minimum absolute atomic E-state index is 0.128. The number of carboxylic acid groups (broad SMARTS) is 1. The van der Waals surface area contributed by atoms with Crippen molar-refractivity contribution in [3.8, 4) is 0 Å². The Kier molecular flexibility index (Phi) is 5.49. The summed E-state index contributed by atoms with van der Waals surface area (Å²) in [6, 6.07) is 0.400. The molecule has 0 aromatic rings. The summed E-state index contributed by atoms with van der Waals surface area (Å²) in [4.78, 5) is 15.2. The maximum Gasteiger partial charge on any atom is 0.317 e. The molecule has 0 aliphatic carbocycles. The van der Waals surface area contributed by atoms with Crippen LogP contribution in [0.4, 0.5) is 0 Å². The van der Waals surface area contributed by atoms with Gasteiger partial charge in [-0.15, -0.1) is 6.58 Å². The standard InChI is InChI=1S/C12H22N2O2/c1-3-7-14(10-12(15)16)11-5-8-13(4-2)9-6-11/h3,11H,1,4-10H2,2H3,(H,15,16). The van der Waals surface area contributed by atoms with E-state index in [1.54, 1.807) is 6.08 Å². The molecule has 0 radical (unpaired) electrons. The monoisotopic (exact) mass is 226 g/mol.